The van der Waals surface area contributed by atoms with Crippen LogP contribution in [0.5, 0.6) is 0 Å². The van der Waals surface area contributed by atoms with Crippen LogP contribution in [0.15, 0.2) is 46.9 Å². The molecule has 0 saturated carbocycles. The number of nitrogens with two attached hydrogens (primary N) is 1. The molecule has 3 nitrogen and oxygen atoms in total. The van der Waals surface area contributed by atoms with Crippen LogP contribution in [0.3, 0.4) is 0 Å². The Balaban J connectivity index is 2.09. The van der Waals surface area contributed by atoms with Gasteiger partial charge in [0.25, 0.3) is 0 Å². The number of halogens is 1. The summed E-state index contributed by atoms with van der Waals surface area (Å²) in [4.78, 5) is 2.37. The molecule has 0 fully saturated rings. The lowest BCUT2D eigenvalue weighted by Gasteiger charge is -2.37. The molecule has 0 radical (unpaired) electrons. The van der Waals surface area contributed by atoms with Crippen molar-refractivity contribution in [3.63, 3.8) is 0 Å². The Labute approximate surface area is 133 Å². The minimum atomic E-state index is 0.0920. The van der Waals surface area contributed by atoms with Gasteiger partial charge < -0.3 is 10.6 Å². The van der Waals surface area contributed by atoms with Gasteiger partial charge in [0.2, 0.25) is 0 Å². The quantitative estimate of drug-likeness (QED) is 0.633. The van der Waals surface area contributed by atoms with Gasteiger partial charge in [0.05, 0.1) is 5.69 Å². The van der Waals surface area contributed by atoms with Gasteiger partial charge in [-0.05, 0) is 65.5 Å². The molecule has 108 valence electrons. The highest BCUT2D eigenvalue weighted by Gasteiger charge is 2.25. The topological polar surface area (TPSA) is 53.1 Å². The molecule has 1 atom stereocenters. The van der Waals surface area contributed by atoms with Crippen molar-refractivity contribution in [3.8, 4) is 0 Å². The van der Waals surface area contributed by atoms with Crippen molar-refractivity contribution in [3.05, 3.63) is 58.1 Å². The Kier molecular flexibility index (Phi) is 3.72. The lowest BCUT2D eigenvalue weighted by Crippen LogP contribution is -2.33. The van der Waals surface area contributed by atoms with Gasteiger partial charge in [-0.25, -0.2) is 0 Å². The second-order valence-corrected chi connectivity index (χ2v) is 6.32. The second kappa shape index (κ2) is 5.53. The molecule has 0 amide bonds. The molecule has 3 N–H and O–H groups in total. The van der Waals surface area contributed by atoms with Crippen molar-refractivity contribution in [1.82, 2.24) is 0 Å². The van der Waals surface area contributed by atoms with Gasteiger partial charge in [-0.2, -0.15) is 0 Å². The highest BCUT2D eigenvalue weighted by atomic mass is 79.9. The first-order valence-electron chi connectivity index (χ1n) is 7.09. The van der Waals surface area contributed by atoms with Crippen LogP contribution in [0.4, 0.5) is 11.4 Å². The number of hydrogen-bond acceptors (Lipinski definition) is 2. The molecule has 0 aromatic heterocycles. The maximum absolute atomic E-state index is 7.55. The fourth-order valence-corrected chi connectivity index (χ4v) is 3.50. The van der Waals surface area contributed by atoms with E-state index in [9.17, 15) is 0 Å². The molecule has 4 heteroatoms. The largest absolute Gasteiger partial charge is 0.384 e. The number of aryl methyl sites for hydroxylation is 1. The van der Waals surface area contributed by atoms with Crippen LogP contribution in [-0.2, 0) is 6.42 Å². The molecular weight excluding hydrogens is 326 g/mol. The lowest BCUT2D eigenvalue weighted by molar-refractivity contribution is 0.617. The van der Waals surface area contributed by atoms with Crippen LogP contribution in [0.2, 0.25) is 0 Å². The molecule has 1 aliphatic rings. The summed E-state index contributed by atoms with van der Waals surface area (Å²) in [6.07, 6.45) is 2.26. The zero-order chi connectivity index (χ0) is 15.0. The van der Waals surface area contributed by atoms with Crippen molar-refractivity contribution >= 4 is 33.1 Å². The molecule has 21 heavy (non-hydrogen) atoms. The van der Waals surface area contributed by atoms with Crippen molar-refractivity contribution in [2.45, 2.75) is 25.8 Å². The minimum Gasteiger partial charge on any atom is -0.384 e. The molecule has 1 aliphatic heterocycles. The Bertz CT molecular complexity index is 696. The fraction of sp³-hybridized carbons (Fsp3) is 0.235. The van der Waals surface area contributed by atoms with Crippen LogP contribution in [0.1, 0.15) is 24.5 Å². The Morgan fingerprint density at radius 2 is 2.00 bits per heavy atom. The summed E-state index contributed by atoms with van der Waals surface area (Å²) in [5.41, 5.74) is 10.1. The summed E-state index contributed by atoms with van der Waals surface area (Å²) < 4.78 is 0.971. The molecule has 2 aromatic carbocycles. The van der Waals surface area contributed by atoms with Crippen molar-refractivity contribution in [2.24, 2.45) is 5.73 Å². The molecule has 0 saturated heterocycles. The van der Waals surface area contributed by atoms with Crippen LogP contribution < -0.4 is 10.6 Å². The van der Waals surface area contributed by atoms with Gasteiger partial charge >= 0.3 is 0 Å². The number of benzene rings is 2. The maximum atomic E-state index is 7.55. The first kappa shape index (κ1) is 14.1. The summed E-state index contributed by atoms with van der Waals surface area (Å²) >= 11 is 3.64. The van der Waals surface area contributed by atoms with Crippen molar-refractivity contribution in [2.75, 3.05) is 4.90 Å². The zero-order valence-corrected chi connectivity index (χ0v) is 13.5. The van der Waals surface area contributed by atoms with Gasteiger partial charge in [0.1, 0.15) is 5.84 Å². The molecule has 1 unspecified atom stereocenters. The Hall–Kier alpha value is -1.81. The van der Waals surface area contributed by atoms with Crippen molar-refractivity contribution in [1.29, 1.82) is 5.41 Å². The lowest BCUT2D eigenvalue weighted by atomic mass is 9.96. The number of fused-ring (bicyclic) bond motifs is 1. The van der Waals surface area contributed by atoms with Crippen LogP contribution in [-0.4, -0.2) is 11.9 Å². The number of nitrogens with zero attached hydrogens (tertiary/aromatic N) is 1. The standard InChI is InChI=1S/C17H18BrN3/c1-11-6-7-12-4-2-3-5-15(12)21(11)16-9-8-13(17(19)20)10-14(16)18/h2-5,8-11H,6-7H2,1H3,(H3,19,20). The molecule has 3 rings (SSSR count). The number of para-hydroxylation sites is 1. The van der Waals surface area contributed by atoms with Crippen molar-refractivity contribution < 1.29 is 0 Å². The van der Waals surface area contributed by atoms with E-state index in [1.807, 2.05) is 18.2 Å². The fourth-order valence-electron chi connectivity index (χ4n) is 2.93. The number of amidine groups is 1. The summed E-state index contributed by atoms with van der Waals surface area (Å²) in [6.45, 7) is 2.25. The average Bonchev–Trinajstić information content (AvgIpc) is 2.48. The maximum Gasteiger partial charge on any atom is 0.122 e. The van der Waals surface area contributed by atoms with E-state index in [0.29, 0.717) is 6.04 Å². The summed E-state index contributed by atoms with van der Waals surface area (Å²) in [5.74, 6) is 0.0920. The number of nitrogen functional groups attached to an aromatic ring is 1. The third-order valence-corrected chi connectivity index (χ3v) is 4.68. The van der Waals surface area contributed by atoms with E-state index in [1.54, 1.807) is 0 Å². The summed E-state index contributed by atoms with van der Waals surface area (Å²) in [5, 5.41) is 7.55. The van der Waals surface area contributed by atoms with Gasteiger partial charge in [-0.3, -0.25) is 5.41 Å². The van der Waals surface area contributed by atoms with Gasteiger partial charge in [0, 0.05) is 21.8 Å². The number of anilines is 2. The molecule has 2 aromatic rings. The van der Waals surface area contributed by atoms with E-state index in [0.717, 1.165) is 28.6 Å². The third-order valence-electron chi connectivity index (χ3n) is 4.04. The Morgan fingerprint density at radius 1 is 1.24 bits per heavy atom. The van der Waals surface area contributed by atoms with Crippen LogP contribution >= 0.6 is 15.9 Å². The van der Waals surface area contributed by atoms with Gasteiger partial charge in [-0.15, -0.1) is 0 Å². The third kappa shape index (κ3) is 2.56. The Morgan fingerprint density at radius 3 is 2.71 bits per heavy atom. The van der Waals surface area contributed by atoms with E-state index in [2.05, 4.69) is 52.0 Å². The molecule has 0 aliphatic carbocycles. The monoisotopic (exact) mass is 343 g/mol. The average molecular weight is 344 g/mol. The highest BCUT2D eigenvalue weighted by molar-refractivity contribution is 9.10. The van der Waals surface area contributed by atoms with E-state index in [1.165, 1.54) is 11.3 Å². The minimum absolute atomic E-state index is 0.0920. The molecule has 0 bridgehead atoms. The predicted octanol–water partition coefficient (Wildman–Crippen LogP) is 4.21. The summed E-state index contributed by atoms with van der Waals surface area (Å²) in [7, 11) is 0. The summed E-state index contributed by atoms with van der Waals surface area (Å²) in [6, 6.07) is 14.9. The normalized spacial score (nSPS) is 17.4. The first-order chi connectivity index (χ1) is 10.1. The SMILES string of the molecule is CC1CCc2ccccc2N1c1ccc(C(=N)N)cc1Br. The van der Waals surface area contributed by atoms with Gasteiger partial charge in [-0.1, -0.05) is 18.2 Å². The van der Waals surface area contributed by atoms with E-state index in [4.69, 9.17) is 11.1 Å². The van der Waals surface area contributed by atoms with E-state index >= 15 is 0 Å². The smallest absolute Gasteiger partial charge is 0.122 e. The molecular formula is C17H18BrN3. The van der Waals surface area contributed by atoms with Crippen LogP contribution in [0.25, 0.3) is 0 Å². The second-order valence-electron chi connectivity index (χ2n) is 5.47. The van der Waals surface area contributed by atoms with E-state index in [-0.39, 0.29) is 5.84 Å². The predicted molar refractivity (Wildman–Crippen MR) is 91.5 cm³/mol. The van der Waals surface area contributed by atoms with Crippen LogP contribution in [0, 0.1) is 5.41 Å². The van der Waals surface area contributed by atoms with Gasteiger partial charge in [0.15, 0.2) is 0 Å². The number of nitrogens with one attached hydrogen (secondary N) is 1. The highest BCUT2D eigenvalue weighted by Crippen LogP contribution is 2.40. The number of hydrogen-bond donors (Lipinski definition) is 2. The molecule has 0 spiro atoms. The zero-order valence-electron chi connectivity index (χ0n) is 11.9. The number of rotatable bonds is 2. The molecule has 1 heterocycles. The van der Waals surface area contributed by atoms with E-state index < -0.39 is 0 Å². The first-order valence-corrected chi connectivity index (χ1v) is 7.88.